The Balaban J connectivity index is 1.54. The molecule has 1 fully saturated rings. The lowest BCUT2D eigenvalue weighted by Crippen LogP contribution is -2.46. The number of rotatable bonds is 5. The van der Waals surface area contributed by atoms with E-state index in [0.29, 0.717) is 6.54 Å². The van der Waals surface area contributed by atoms with Crippen LogP contribution in [0.3, 0.4) is 0 Å². The van der Waals surface area contributed by atoms with E-state index in [-0.39, 0.29) is 18.6 Å². The Kier molecular flexibility index (Phi) is 5.84. The van der Waals surface area contributed by atoms with Gasteiger partial charge in [-0.05, 0) is 43.0 Å². The van der Waals surface area contributed by atoms with Gasteiger partial charge in [0.2, 0.25) is 5.91 Å². The molecule has 0 spiro atoms. The lowest BCUT2D eigenvalue weighted by atomic mass is 10.1. The quantitative estimate of drug-likeness (QED) is 0.897. The van der Waals surface area contributed by atoms with Crippen molar-refractivity contribution in [1.82, 2.24) is 15.2 Å². The maximum atomic E-state index is 12.8. The van der Waals surface area contributed by atoms with Crippen molar-refractivity contribution in [3.05, 3.63) is 66.0 Å². The summed E-state index contributed by atoms with van der Waals surface area (Å²) < 4.78 is 5.19. The normalized spacial score (nSPS) is 17.6. The van der Waals surface area contributed by atoms with Crippen LogP contribution in [-0.2, 0) is 16.1 Å². The van der Waals surface area contributed by atoms with Gasteiger partial charge in [0.15, 0.2) is 0 Å². The number of amides is 2. The summed E-state index contributed by atoms with van der Waals surface area (Å²) in [6.45, 7) is 2.56. The minimum atomic E-state index is -0.638. The first-order valence-electron chi connectivity index (χ1n) is 8.83. The highest BCUT2D eigenvalue weighted by Gasteiger charge is 2.33. The van der Waals surface area contributed by atoms with E-state index in [0.717, 1.165) is 24.0 Å². The van der Waals surface area contributed by atoms with E-state index in [1.807, 2.05) is 47.4 Å². The number of nitrogens with one attached hydrogen (secondary N) is 1. The number of carbonyl (C=O) groups excluding carboxylic acids is 2. The molecular weight excluding hydrogens is 330 g/mol. The van der Waals surface area contributed by atoms with Gasteiger partial charge >= 0.3 is 6.09 Å². The van der Waals surface area contributed by atoms with Gasteiger partial charge in [-0.2, -0.15) is 0 Å². The standard InChI is InChI=1S/C20H23N3O3/c1-15(22-20(25)26-14-16-6-3-2-4-7-16)19(24)23-13-5-8-18(23)17-9-11-21-12-10-17/h2-4,6-7,9-12,15,18H,5,8,13-14H2,1H3,(H,22,25)/t15-,18?/m0/s1. The second-order valence-corrected chi connectivity index (χ2v) is 6.40. The number of hydrogen-bond acceptors (Lipinski definition) is 4. The Bertz CT molecular complexity index is 736. The summed E-state index contributed by atoms with van der Waals surface area (Å²) >= 11 is 0. The van der Waals surface area contributed by atoms with Crippen LogP contribution in [0.4, 0.5) is 4.79 Å². The van der Waals surface area contributed by atoms with Crippen LogP contribution in [-0.4, -0.2) is 34.5 Å². The van der Waals surface area contributed by atoms with Crippen molar-refractivity contribution in [3.8, 4) is 0 Å². The molecule has 26 heavy (non-hydrogen) atoms. The molecule has 2 aromatic rings. The lowest BCUT2D eigenvalue weighted by Gasteiger charge is -2.28. The molecule has 2 amide bonds. The minimum absolute atomic E-state index is 0.0371. The second kappa shape index (κ2) is 8.47. The summed E-state index contributed by atoms with van der Waals surface area (Å²) in [7, 11) is 0. The van der Waals surface area contributed by atoms with E-state index in [2.05, 4.69) is 10.3 Å². The third-order valence-electron chi connectivity index (χ3n) is 4.54. The van der Waals surface area contributed by atoms with Gasteiger partial charge in [0.05, 0.1) is 6.04 Å². The van der Waals surface area contributed by atoms with E-state index in [4.69, 9.17) is 4.74 Å². The predicted molar refractivity (Wildman–Crippen MR) is 97.1 cm³/mol. The number of ether oxygens (including phenoxy) is 1. The first kappa shape index (κ1) is 17.9. The van der Waals surface area contributed by atoms with Crippen molar-refractivity contribution in [2.75, 3.05) is 6.54 Å². The number of aromatic nitrogens is 1. The molecule has 1 aliphatic heterocycles. The number of nitrogens with zero attached hydrogens (tertiary/aromatic N) is 2. The van der Waals surface area contributed by atoms with Crippen LogP contribution in [0.1, 0.15) is 36.9 Å². The highest BCUT2D eigenvalue weighted by molar-refractivity contribution is 5.85. The molecule has 1 unspecified atom stereocenters. The maximum absolute atomic E-state index is 12.8. The van der Waals surface area contributed by atoms with Gasteiger partial charge in [-0.15, -0.1) is 0 Å². The van der Waals surface area contributed by atoms with E-state index >= 15 is 0 Å². The Morgan fingerprint density at radius 3 is 2.69 bits per heavy atom. The van der Waals surface area contributed by atoms with E-state index in [9.17, 15) is 9.59 Å². The summed E-state index contributed by atoms with van der Waals surface area (Å²) in [5.41, 5.74) is 1.98. The third-order valence-corrected chi connectivity index (χ3v) is 4.54. The zero-order chi connectivity index (χ0) is 18.4. The van der Waals surface area contributed by atoms with Crippen LogP contribution in [0.15, 0.2) is 54.9 Å². The Morgan fingerprint density at radius 2 is 1.96 bits per heavy atom. The van der Waals surface area contributed by atoms with Crippen LogP contribution in [0.5, 0.6) is 0 Å². The van der Waals surface area contributed by atoms with Crippen molar-refractivity contribution in [2.45, 2.75) is 38.5 Å². The molecule has 2 atom stereocenters. The van der Waals surface area contributed by atoms with Gasteiger partial charge < -0.3 is 15.0 Å². The summed E-state index contributed by atoms with van der Waals surface area (Å²) in [4.78, 5) is 30.6. The van der Waals surface area contributed by atoms with Crippen molar-refractivity contribution in [3.63, 3.8) is 0 Å². The van der Waals surface area contributed by atoms with Gasteiger partial charge in [-0.25, -0.2) is 4.79 Å². The third kappa shape index (κ3) is 4.39. The van der Waals surface area contributed by atoms with Crippen LogP contribution < -0.4 is 5.32 Å². The van der Waals surface area contributed by atoms with Crippen LogP contribution in [0.2, 0.25) is 0 Å². The molecule has 1 aromatic heterocycles. The molecule has 1 aromatic carbocycles. The summed E-state index contributed by atoms with van der Waals surface area (Å²) in [6, 6.07) is 12.7. The van der Waals surface area contributed by atoms with Crippen molar-refractivity contribution in [2.24, 2.45) is 0 Å². The summed E-state index contributed by atoms with van der Waals surface area (Å²) in [5.74, 6) is -0.0963. The molecule has 3 rings (SSSR count). The molecule has 6 nitrogen and oxygen atoms in total. The maximum Gasteiger partial charge on any atom is 0.408 e. The molecule has 1 aliphatic rings. The van der Waals surface area contributed by atoms with Crippen LogP contribution in [0, 0.1) is 0 Å². The number of pyridine rings is 1. The number of benzene rings is 1. The number of hydrogen-bond donors (Lipinski definition) is 1. The fourth-order valence-electron chi connectivity index (χ4n) is 3.21. The minimum Gasteiger partial charge on any atom is -0.445 e. The van der Waals surface area contributed by atoms with Crippen LogP contribution >= 0.6 is 0 Å². The van der Waals surface area contributed by atoms with E-state index < -0.39 is 12.1 Å². The summed E-state index contributed by atoms with van der Waals surface area (Å²) in [5, 5.41) is 2.63. The molecule has 0 bridgehead atoms. The first-order chi connectivity index (χ1) is 12.6. The van der Waals surface area contributed by atoms with Crippen molar-refractivity contribution in [1.29, 1.82) is 0 Å². The lowest BCUT2D eigenvalue weighted by molar-refractivity contribution is -0.133. The zero-order valence-corrected chi connectivity index (χ0v) is 14.8. The predicted octanol–water partition coefficient (Wildman–Crippen LogP) is 3.06. The fourth-order valence-corrected chi connectivity index (χ4v) is 3.21. The molecule has 1 N–H and O–H groups in total. The molecule has 6 heteroatoms. The van der Waals surface area contributed by atoms with Gasteiger partial charge in [-0.3, -0.25) is 9.78 Å². The number of alkyl carbamates (subject to hydrolysis) is 1. The highest BCUT2D eigenvalue weighted by atomic mass is 16.5. The molecule has 0 aliphatic carbocycles. The van der Waals surface area contributed by atoms with E-state index in [1.165, 1.54) is 0 Å². The Hall–Kier alpha value is -2.89. The fraction of sp³-hybridized carbons (Fsp3) is 0.350. The second-order valence-electron chi connectivity index (χ2n) is 6.40. The monoisotopic (exact) mass is 353 g/mol. The number of carbonyl (C=O) groups is 2. The van der Waals surface area contributed by atoms with E-state index in [1.54, 1.807) is 19.3 Å². The molecule has 136 valence electrons. The molecule has 1 saturated heterocycles. The molecular formula is C20H23N3O3. The van der Waals surface area contributed by atoms with Crippen molar-refractivity contribution >= 4 is 12.0 Å². The highest BCUT2D eigenvalue weighted by Crippen LogP contribution is 2.31. The van der Waals surface area contributed by atoms with Gasteiger partial charge in [0.25, 0.3) is 0 Å². The first-order valence-corrected chi connectivity index (χ1v) is 8.83. The van der Waals surface area contributed by atoms with Crippen molar-refractivity contribution < 1.29 is 14.3 Å². The molecule has 2 heterocycles. The largest absolute Gasteiger partial charge is 0.445 e. The molecule has 0 radical (unpaired) electrons. The average molecular weight is 353 g/mol. The average Bonchev–Trinajstić information content (AvgIpc) is 3.17. The topological polar surface area (TPSA) is 71.5 Å². The van der Waals surface area contributed by atoms with Gasteiger partial charge in [-0.1, -0.05) is 30.3 Å². The SMILES string of the molecule is C[C@H](NC(=O)OCc1ccccc1)C(=O)N1CCCC1c1ccncc1. The van der Waals surface area contributed by atoms with Crippen LogP contribution in [0.25, 0.3) is 0 Å². The Labute approximate surface area is 153 Å². The number of likely N-dealkylation sites (tertiary alicyclic amines) is 1. The Morgan fingerprint density at radius 1 is 1.23 bits per heavy atom. The molecule has 0 saturated carbocycles. The van der Waals surface area contributed by atoms with Gasteiger partial charge in [0, 0.05) is 18.9 Å². The smallest absolute Gasteiger partial charge is 0.408 e. The summed E-state index contributed by atoms with van der Waals surface area (Å²) in [6.07, 6.45) is 4.75. The van der Waals surface area contributed by atoms with Gasteiger partial charge in [0.1, 0.15) is 12.6 Å². The zero-order valence-electron chi connectivity index (χ0n) is 14.8.